The molecular formula is C23H21N5OS2. The van der Waals surface area contributed by atoms with Gasteiger partial charge in [-0.3, -0.25) is 9.20 Å². The summed E-state index contributed by atoms with van der Waals surface area (Å²) in [6, 6.07) is 14.4. The Balaban J connectivity index is 1.44. The number of anilines is 1. The number of amides is 1. The maximum absolute atomic E-state index is 12.9. The van der Waals surface area contributed by atoms with Crippen LogP contribution in [0.25, 0.3) is 26.8 Å². The van der Waals surface area contributed by atoms with Crippen LogP contribution in [0.4, 0.5) is 5.13 Å². The van der Waals surface area contributed by atoms with Crippen LogP contribution in [-0.4, -0.2) is 30.7 Å². The molecule has 8 heteroatoms. The molecule has 0 bridgehead atoms. The number of nitrogens with one attached hydrogen (secondary N) is 1. The van der Waals surface area contributed by atoms with E-state index in [1.165, 1.54) is 28.7 Å². The first-order chi connectivity index (χ1) is 14.9. The number of aryl methyl sites for hydroxylation is 3. The Morgan fingerprint density at radius 1 is 1.10 bits per heavy atom. The van der Waals surface area contributed by atoms with Gasteiger partial charge in [-0.1, -0.05) is 47.4 Å². The van der Waals surface area contributed by atoms with Gasteiger partial charge in [-0.2, -0.15) is 0 Å². The van der Waals surface area contributed by atoms with E-state index in [1.54, 1.807) is 0 Å². The third-order valence-corrected chi connectivity index (χ3v) is 7.29. The predicted molar refractivity (Wildman–Crippen MR) is 128 cm³/mol. The third kappa shape index (κ3) is 3.55. The lowest BCUT2D eigenvalue weighted by molar-refractivity contribution is -0.115. The SMILES string of the molecule is Cc1ccc2nc(NC(=O)C(C)Sc3nnc4cc(C)c5cccc(C)c5n34)sc2c1. The number of hydrogen-bond donors (Lipinski definition) is 1. The normalized spacial score (nSPS) is 12.6. The highest BCUT2D eigenvalue weighted by atomic mass is 32.2. The first kappa shape index (κ1) is 20.0. The monoisotopic (exact) mass is 447 g/mol. The van der Waals surface area contributed by atoms with E-state index in [2.05, 4.69) is 58.6 Å². The minimum Gasteiger partial charge on any atom is -0.301 e. The van der Waals surface area contributed by atoms with E-state index in [0.717, 1.165) is 37.9 Å². The summed E-state index contributed by atoms with van der Waals surface area (Å²) in [5.41, 5.74) is 6.25. The van der Waals surface area contributed by atoms with Crippen molar-refractivity contribution < 1.29 is 4.79 Å². The Morgan fingerprint density at radius 2 is 1.94 bits per heavy atom. The molecule has 3 aromatic heterocycles. The lowest BCUT2D eigenvalue weighted by Crippen LogP contribution is -2.22. The van der Waals surface area contributed by atoms with E-state index in [4.69, 9.17) is 0 Å². The first-order valence-electron chi connectivity index (χ1n) is 9.99. The Labute approximate surface area is 187 Å². The van der Waals surface area contributed by atoms with Crippen molar-refractivity contribution in [1.82, 2.24) is 19.6 Å². The van der Waals surface area contributed by atoms with Gasteiger partial charge in [-0.05, 0) is 62.6 Å². The molecule has 1 N–H and O–H groups in total. The molecule has 1 unspecified atom stereocenters. The summed E-state index contributed by atoms with van der Waals surface area (Å²) in [7, 11) is 0. The molecule has 0 fully saturated rings. The maximum atomic E-state index is 12.9. The van der Waals surface area contributed by atoms with E-state index in [9.17, 15) is 4.79 Å². The molecule has 0 saturated heterocycles. The van der Waals surface area contributed by atoms with Crippen molar-refractivity contribution in [2.75, 3.05) is 5.32 Å². The number of carbonyl (C=O) groups is 1. The average molecular weight is 448 g/mol. The van der Waals surface area contributed by atoms with Crippen molar-refractivity contribution in [3.8, 4) is 0 Å². The smallest absolute Gasteiger partial charge is 0.239 e. The average Bonchev–Trinajstić information content (AvgIpc) is 3.31. The number of pyridine rings is 1. The summed E-state index contributed by atoms with van der Waals surface area (Å²) >= 11 is 2.89. The number of carbonyl (C=O) groups excluding carboxylic acids is 1. The number of rotatable bonds is 4. The second kappa shape index (κ2) is 7.62. The van der Waals surface area contributed by atoms with Crippen molar-refractivity contribution >= 4 is 60.9 Å². The summed E-state index contributed by atoms with van der Waals surface area (Å²) in [6.07, 6.45) is 0. The highest BCUT2D eigenvalue weighted by Gasteiger charge is 2.21. The standard InChI is InChI=1S/C23H21N5OS2/c1-12-8-9-17-18(10-12)31-22(24-17)25-21(29)15(4)30-23-27-26-19-11-14(3)16-7-5-6-13(2)20(16)28(19)23/h5-11,15H,1-4H3,(H,24,25,29). The molecule has 156 valence electrons. The number of thiazole rings is 1. The fourth-order valence-electron chi connectivity index (χ4n) is 3.71. The van der Waals surface area contributed by atoms with Crippen molar-refractivity contribution in [3.63, 3.8) is 0 Å². The van der Waals surface area contributed by atoms with E-state index < -0.39 is 0 Å². The Bertz CT molecular complexity index is 1470. The highest BCUT2D eigenvalue weighted by molar-refractivity contribution is 8.00. The van der Waals surface area contributed by atoms with Crippen LogP contribution in [-0.2, 0) is 4.79 Å². The Morgan fingerprint density at radius 3 is 2.77 bits per heavy atom. The van der Waals surface area contributed by atoms with Gasteiger partial charge in [-0.25, -0.2) is 4.98 Å². The molecule has 0 spiro atoms. The van der Waals surface area contributed by atoms with Gasteiger partial charge < -0.3 is 5.32 Å². The number of thioether (sulfide) groups is 1. The van der Waals surface area contributed by atoms with Gasteiger partial charge in [0.1, 0.15) is 0 Å². The predicted octanol–water partition coefficient (Wildman–Crippen LogP) is 5.54. The summed E-state index contributed by atoms with van der Waals surface area (Å²) in [5.74, 6) is -0.106. The number of para-hydroxylation sites is 1. The van der Waals surface area contributed by atoms with E-state index in [0.29, 0.717) is 10.3 Å². The molecule has 31 heavy (non-hydrogen) atoms. The van der Waals surface area contributed by atoms with Crippen LogP contribution in [0, 0.1) is 20.8 Å². The molecule has 2 aromatic carbocycles. The maximum Gasteiger partial charge on any atom is 0.239 e. The molecule has 0 aliphatic heterocycles. The molecule has 3 heterocycles. The van der Waals surface area contributed by atoms with Gasteiger partial charge in [-0.15, -0.1) is 10.2 Å². The van der Waals surface area contributed by atoms with E-state index in [-0.39, 0.29) is 11.2 Å². The van der Waals surface area contributed by atoms with Crippen LogP contribution in [0.5, 0.6) is 0 Å². The molecule has 1 atom stereocenters. The number of hydrogen-bond acceptors (Lipinski definition) is 6. The highest BCUT2D eigenvalue weighted by Crippen LogP contribution is 2.31. The molecule has 5 rings (SSSR count). The van der Waals surface area contributed by atoms with Gasteiger partial charge in [0.05, 0.1) is 21.0 Å². The number of fused-ring (bicyclic) bond motifs is 4. The van der Waals surface area contributed by atoms with E-state index in [1.807, 2.05) is 36.4 Å². The van der Waals surface area contributed by atoms with Crippen LogP contribution >= 0.6 is 23.1 Å². The molecule has 0 radical (unpaired) electrons. The third-order valence-electron chi connectivity index (χ3n) is 5.32. The van der Waals surface area contributed by atoms with Gasteiger partial charge in [0, 0.05) is 5.39 Å². The number of nitrogens with zero attached hydrogens (tertiary/aromatic N) is 4. The largest absolute Gasteiger partial charge is 0.301 e. The second-order valence-electron chi connectivity index (χ2n) is 7.71. The van der Waals surface area contributed by atoms with Gasteiger partial charge in [0.15, 0.2) is 15.9 Å². The summed E-state index contributed by atoms with van der Waals surface area (Å²) < 4.78 is 3.11. The quantitative estimate of drug-likeness (QED) is 0.366. The Kier molecular flexibility index (Phi) is 4.91. The first-order valence-corrected chi connectivity index (χ1v) is 11.7. The topological polar surface area (TPSA) is 72.2 Å². The van der Waals surface area contributed by atoms with E-state index >= 15 is 0 Å². The zero-order valence-electron chi connectivity index (χ0n) is 17.6. The minimum atomic E-state index is -0.360. The number of aromatic nitrogens is 4. The zero-order valence-corrected chi connectivity index (χ0v) is 19.3. The fraction of sp³-hybridized carbons (Fsp3) is 0.217. The lowest BCUT2D eigenvalue weighted by Gasteiger charge is -2.12. The summed E-state index contributed by atoms with van der Waals surface area (Å²) in [4.78, 5) is 17.4. The van der Waals surface area contributed by atoms with Crippen LogP contribution in [0.1, 0.15) is 23.6 Å². The number of benzene rings is 2. The molecule has 6 nitrogen and oxygen atoms in total. The molecule has 1 amide bonds. The zero-order chi connectivity index (χ0) is 21.7. The van der Waals surface area contributed by atoms with Crippen molar-refractivity contribution in [1.29, 1.82) is 0 Å². The van der Waals surface area contributed by atoms with Gasteiger partial charge >= 0.3 is 0 Å². The minimum absolute atomic E-state index is 0.106. The molecule has 0 saturated carbocycles. The molecule has 0 aliphatic rings. The summed E-state index contributed by atoms with van der Waals surface area (Å²) in [5, 5.41) is 13.8. The molecular weight excluding hydrogens is 426 g/mol. The van der Waals surface area contributed by atoms with Gasteiger partial charge in [0.2, 0.25) is 5.91 Å². The molecule has 5 aromatic rings. The fourth-order valence-corrected chi connectivity index (χ4v) is 5.54. The van der Waals surface area contributed by atoms with Crippen molar-refractivity contribution in [3.05, 3.63) is 59.2 Å². The van der Waals surface area contributed by atoms with Crippen LogP contribution in [0.2, 0.25) is 0 Å². The van der Waals surface area contributed by atoms with Crippen LogP contribution in [0.15, 0.2) is 47.6 Å². The van der Waals surface area contributed by atoms with Crippen LogP contribution in [0.3, 0.4) is 0 Å². The summed E-state index contributed by atoms with van der Waals surface area (Å²) in [6.45, 7) is 8.09. The molecule has 0 aliphatic carbocycles. The van der Waals surface area contributed by atoms with Crippen molar-refractivity contribution in [2.45, 2.75) is 38.1 Å². The second-order valence-corrected chi connectivity index (χ2v) is 10.1. The lowest BCUT2D eigenvalue weighted by atomic mass is 10.1. The van der Waals surface area contributed by atoms with Gasteiger partial charge in [0.25, 0.3) is 0 Å². The Hall–Kier alpha value is -2.97. The van der Waals surface area contributed by atoms with Crippen molar-refractivity contribution in [2.24, 2.45) is 0 Å². The van der Waals surface area contributed by atoms with Crippen LogP contribution < -0.4 is 5.32 Å².